The van der Waals surface area contributed by atoms with Crippen LogP contribution in [-0.4, -0.2) is 43.0 Å². The molecule has 1 aromatic carbocycles. The Hall–Kier alpha value is -1.81. The second-order valence-electron chi connectivity index (χ2n) is 4.65. The summed E-state index contributed by atoms with van der Waals surface area (Å²) in [5.41, 5.74) is 0. The van der Waals surface area contributed by atoms with Gasteiger partial charge >= 0.3 is 12.6 Å². The standard InChI is InChI=1S/C12H12F3NO5S/c13-9-4-3-8(5-10(9)21-12(14)15)22(19,20)16(6-11(17)18)7-1-2-7/h3-5,7,12H,1-2,6H2,(H,17,18). The van der Waals surface area contributed by atoms with E-state index in [0.29, 0.717) is 25.0 Å². The molecule has 10 heteroatoms. The van der Waals surface area contributed by atoms with E-state index in [2.05, 4.69) is 4.74 Å². The molecule has 0 unspecified atom stereocenters. The molecule has 1 aromatic rings. The number of carbonyl (C=O) groups is 1. The molecular weight excluding hydrogens is 327 g/mol. The lowest BCUT2D eigenvalue weighted by Gasteiger charge is -2.20. The van der Waals surface area contributed by atoms with Gasteiger partial charge in [0.15, 0.2) is 11.6 Å². The summed E-state index contributed by atoms with van der Waals surface area (Å²) >= 11 is 0. The normalized spacial score (nSPS) is 15.3. The second kappa shape index (κ2) is 6.13. The number of rotatable bonds is 7. The van der Waals surface area contributed by atoms with Crippen molar-refractivity contribution >= 4 is 16.0 Å². The van der Waals surface area contributed by atoms with Crippen LogP contribution in [0.2, 0.25) is 0 Å². The van der Waals surface area contributed by atoms with Gasteiger partial charge in [-0.15, -0.1) is 0 Å². The minimum Gasteiger partial charge on any atom is -0.480 e. The average molecular weight is 339 g/mol. The third-order valence-corrected chi connectivity index (χ3v) is 4.86. The van der Waals surface area contributed by atoms with Crippen LogP contribution in [0.1, 0.15) is 12.8 Å². The van der Waals surface area contributed by atoms with Gasteiger partial charge in [-0.05, 0) is 25.0 Å². The highest BCUT2D eigenvalue weighted by molar-refractivity contribution is 7.89. The van der Waals surface area contributed by atoms with E-state index < -0.39 is 51.7 Å². The number of halogens is 3. The highest BCUT2D eigenvalue weighted by Gasteiger charge is 2.39. The summed E-state index contributed by atoms with van der Waals surface area (Å²) in [5, 5.41) is 8.80. The van der Waals surface area contributed by atoms with Crippen molar-refractivity contribution < 1.29 is 36.2 Å². The minimum atomic E-state index is -4.25. The van der Waals surface area contributed by atoms with Gasteiger partial charge in [0.2, 0.25) is 10.0 Å². The minimum absolute atomic E-state index is 0.453. The number of alkyl halides is 2. The zero-order chi connectivity index (χ0) is 16.5. The Kier molecular flexibility index (Phi) is 4.61. The van der Waals surface area contributed by atoms with Crippen LogP contribution in [0.3, 0.4) is 0 Å². The highest BCUT2D eigenvalue weighted by Crippen LogP contribution is 2.33. The van der Waals surface area contributed by atoms with E-state index in [4.69, 9.17) is 5.11 Å². The molecule has 22 heavy (non-hydrogen) atoms. The quantitative estimate of drug-likeness (QED) is 0.817. The van der Waals surface area contributed by atoms with Gasteiger partial charge in [-0.25, -0.2) is 12.8 Å². The number of ether oxygens (including phenoxy) is 1. The Bertz CT molecular complexity index is 675. The van der Waals surface area contributed by atoms with Crippen molar-refractivity contribution in [3.63, 3.8) is 0 Å². The monoisotopic (exact) mass is 339 g/mol. The average Bonchev–Trinajstić information content (AvgIpc) is 3.21. The number of carboxylic acids is 1. The summed E-state index contributed by atoms with van der Waals surface area (Å²) < 4.78 is 67.1. The maximum absolute atomic E-state index is 13.3. The third kappa shape index (κ3) is 3.69. The van der Waals surface area contributed by atoms with Crippen molar-refractivity contribution in [3.05, 3.63) is 24.0 Å². The largest absolute Gasteiger partial charge is 0.480 e. The lowest BCUT2D eigenvalue weighted by molar-refractivity contribution is -0.137. The van der Waals surface area contributed by atoms with Gasteiger partial charge in [0, 0.05) is 12.1 Å². The van der Waals surface area contributed by atoms with Gasteiger partial charge in [0.1, 0.15) is 6.54 Å². The van der Waals surface area contributed by atoms with Crippen LogP contribution < -0.4 is 4.74 Å². The molecule has 0 saturated heterocycles. The lowest BCUT2D eigenvalue weighted by atomic mass is 10.3. The van der Waals surface area contributed by atoms with E-state index in [1.807, 2.05) is 0 Å². The predicted molar refractivity (Wildman–Crippen MR) is 67.6 cm³/mol. The fourth-order valence-corrected chi connectivity index (χ4v) is 3.52. The van der Waals surface area contributed by atoms with Crippen molar-refractivity contribution in [2.24, 2.45) is 0 Å². The molecule has 0 atom stereocenters. The van der Waals surface area contributed by atoms with Gasteiger partial charge < -0.3 is 9.84 Å². The summed E-state index contributed by atoms with van der Waals surface area (Å²) in [5.74, 6) is -3.40. The Morgan fingerprint density at radius 1 is 1.41 bits per heavy atom. The summed E-state index contributed by atoms with van der Waals surface area (Å²) in [6.07, 6.45) is 1.02. The molecule has 0 bridgehead atoms. The molecule has 6 nitrogen and oxygen atoms in total. The summed E-state index contributed by atoms with van der Waals surface area (Å²) in [6, 6.07) is 1.72. The molecule has 0 spiro atoms. The zero-order valence-electron chi connectivity index (χ0n) is 11.1. The molecule has 1 aliphatic carbocycles. The maximum Gasteiger partial charge on any atom is 0.387 e. The smallest absolute Gasteiger partial charge is 0.387 e. The number of sulfonamides is 1. The first-order valence-corrected chi connectivity index (χ1v) is 7.64. The van der Waals surface area contributed by atoms with Crippen LogP contribution in [0.5, 0.6) is 5.75 Å². The van der Waals surface area contributed by atoms with E-state index >= 15 is 0 Å². The molecule has 0 aromatic heterocycles. The molecule has 0 radical (unpaired) electrons. The first-order chi connectivity index (χ1) is 10.2. The molecule has 0 aliphatic heterocycles. The van der Waals surface area contributed by atoms with Crippen LogP contribution in [0.4, 0.5) is 13.2 Å². The van der Waals surface area contributed by atoms with Gasteiger partial charge in [-0.1, -0.05) is 0 Å². The fourth-order valence-electron chi connectivity index (χ4n) is 1.87. The number of aliphatic carboxylic acids is 1. The first kappa shape index (κ1) is 16.6. The second-order valence-corrected chi connectivity index (χ2v) is 6.54. The van der Waals surface area contributed by atoms with Crippen molar-refractivity contribution in [1.82, 2.24) is 4.31 Å². The van der Waals surface area contributed by atoms with Crippen molar-refractivity contribution in [2.75, 3.05) is 6.54 Å². The van der Waals surface area contributed by atoms with E-state index in [0.717, 1.165) is 10.4 Å². The van der Waals surface area contributed by atoms with Crippen molar-refractivity contribution in [2.45, 2.75) is 30.4 Å². The van der Waals surface area contributed by atoms with Crippen LogP contribution >= 0.6 is 0 Å². The van der Waals surface area contributed by atoms with E-state index in [1.54, 1.807) is 0 Å². The third-order valence-electron chi connectivity index (χ3n) is 2.97. The molecular formula is C12H12F3NO5S. The van der Waals surface area contributed by atoms with Gasteiger partial charge in [0.05, 0.1) is 4.90 Å². The van der Waals surface area contributed by atoms with E-state index in [9.17, 15) is 26.4 Å². The Labute approximate surface area is 124 Å². The Morgan fingerprint density at radius 3 is 2.55 bits per heavy atom. The molecule has 0 heterocycles. The predicted octanol–water partition coefficient (Wildman–Crippen LogP) is 1.66. The Balaban J connectivity index is 2.37. The van der Waals surface area contributed by atoms with Crippen LogP contribution in [-0.2, 0) is 14.8 Å². The Morgan fingerprint density at radius 2 is 2.05 bits per heavy atom. The maximum atomic E-state index is 13.3. The van der Waals surface area contributed by atoms with Gasteiger partial charge in [-0.3, -0.25) is 4.79 Å². The van der Waals surface area contributed by atoms with Crippen molar-refractivity contribution in [1.29, 1.82) is 0 Å². The molecule has 0 amide bonds. The van der Waals surface area contributed by atoms with E-state index in [1.165, 1.54) is 0 Å². The molecule has 2 rings (SSSR count). The molecule has 1 aliphatic rings. The number of hydrogen-bond acceptors (Lipinski definition) is 4. The number of nitrogens with zero attached hydrogens (tertiary/aromatic N) is 1. The number of benzene rings is 1. The number of hydrogen-bond donors (Lipinski definition) is 1. The molecule has 122 valence electrons. The highest BCUT2D eigenvalue weighted by atomic mass is 32.2. The summed E-state index contributed by atoms with van der Waals surface area (Å²) in [6.45, 7) is -4.07. The SMILES string of the molecule is O=C(O)CN(C1CC1)S(=O)(=O)c1ccc(F)c(OC(F)F)c1. The molecule has 1 fully saturated rings. The van der Waals surface area contributed by atoms with Gasteiger partial charge in [-0.2, -0.15) is 13.1 Å². The topological polar surface area (TPSA) is 83.9 Å². The zero-order valence-corrected chi connectivity index (χ0v) is 11.9. The molecule has 1 N–H and O–H groups in total. The summed E-state index contributed by atoms with van der Waals surface area (Å²) in [4.78, 5) is 10.3. The van der Waals surface area contributed by atoms with Gasteiger partial charge in [0.25, 0.3) is 0 Å². The molecule has 1 saturated carbocycles. The van der Waals surface area contributed by atoms with E-state index in [-0.39, 0.29) is 0 Å². The lowest BCUT2D eigenvalue weighted by Crippen LogP contribution is -2.37. The fraction of sp³-hybridized carbons (Fsp3) is 0.417. The van der Waals surface area contributed by atoms with Crippen molar-refractivity contribution in [3.8, 4) is 5.75 Å². The van der Waals surface area contributed by atoms with Crippen LogP contribution in [0.25, 0.3) is 0 Å². The number of carboxylic acid groups (broad SMARTS) is 1. The first-order valence-electron chi connectivity index (χ1n) is 6.20. The summed E-state index contributed by atoms with van der Waals surface area (Å²) in [7, 11) is -4.25. The van der Waals surface area contributed by atoms with Crippen LogP contribution in [0.15, 0.2) is 23.1 Å². The van der Waals surface area contributed by atoms with Crippen LogP contribution in [0, 0.1) is 5.82 Å².